The molecule has 29 heavy (non-hydrogen) atoms. The van der Waals surface area contributed by atoms with E-state index in [1.807, 2.05) is 13.0 Å². The highest BCUT2D eigenvalue weighted by molar-refractivity contribution is 7.90. The largest absolute Gasteiger partial charge is 0.355 e. The van der Waals surface area contributed by atoms with Gasteiger partial charge in [0.2, 0.25) is 0 Å². The zero-order valence-electron chi connectivity index (χ0n) is 16.6. The molecule has 0 spiro atoms. The Kier molecular flexibility index (Phi) is 4.42. The van der Waals surface area contributed by atoms with E-state index in [0.29, 0.717) is 33.5 Å². The summed E-state index contributed by atoms with van der Waals surface area (Å²) < 4.78 is 28.4. The molecule has 6 nitrogen and oxygen atoms in total. The Bertz CT molecular complexity index is 1360. The number of nitrogens with zero attached hydrogens (tertiary/aromatic N) is 2. The van der Waals surface area contributed by atoms with Crippen molar-refractivity contribution >= 4 is 26.8 Å². The number of para-hydroxylation sites is 2. The fourth-order valence-corrected chi connectivity index (χ4v) is 5.19. The molecule has 148 valence electrons. The Morgan fingerprint density at radius 1 is 1.00 bits per heavy atom. The van der Waals surface area contributed by atoms with Crippen molar-refractivity contribution < 1.29 is 13.2 Å². The van der Waals surface area contributed by atoms with Crippen LogP contribution in [0.1, 0.15) is 34.1 Å². The van der Waals surface area contributed by atoms with Crippen molar-refractivity contribution in [2.75, 3.05) is 0 Å². The minimum Gasteiger partial charge on any atom is -0.355 e. The van der Waals surface area contributed by atoms with E-state index in [2.05, 4.69) is 9.97 Å². The number of aryl methyl sites for hydroxylation is 2. The Hall–Kier alpha value is -3.19. The van der Waals surface area contributed by atoms with Crippen LogP contribution < -0.4 is 0 Å². The SMILES string of the molecule is CC(=O)c1c(C)[nH]c(-c2nc3ccccc3n2S(=O)(=O)c2ccc(C)cc2)c1C. The number of rotatable bonds is 4. The fraction of sp³-hybridized carbons (Fsp3) is 0.182. The number of nitrogens with one attached hydrogen (secondary N) is 1. The quantitative estimate of drug-likeness (QED) is 0.508. The third-order valence-electron chi connectivity index (χ3n) is 5.09. The first-order valence-corrected chi connectivity index (χ1v) is 10.7. The van der Waals surface area contributed by atoms with Gasteiger partial charge in [0.05, 0.1) is 21.6 Å². The molecule has 0 unspecified atom stereocenters. The Morgan fingerprint density at radius 3 is 2.28 bits per heavy atom. The van der Waals surface area contributed by atoms with Gasteiger partial charge in [-0.3, -0.25) is 4.79 Å². The number of carbonyl (C=O) groups is 1. The maximum Gasteiger partial charge on any atom is 0.270 e. The molecule has 0 radical (unpaired) electrons. The van der Waals surface area contributed by atoms with Crippen LogP contribution in [0.5, 0.6) is 0 Å². The monoisotopic (exact) mass is 407 g/mol. The van der Waals surface area contributed by atoms with Crippen molar-refractivity contribution in [3.8, 4) is 11.5 Å². The third-order valence-corrected chi connectivity index (χ3v) is 6.81. The summed E-state index contributed by atoms with van der Waals surface area (Å²) in [6, 6.07) is 13.8. The summed E-state index contributed by atoms with van der Waals surface area (Å²) in [5, 5.41) is 0. The predicted octanol–water partition coefficient (Wildman–Crippen LogP) is 4.40. The van der Waals surface area contributed by atoms with Gasteiger partial charge in [-0.15, -0.1) is 0 Å². The number of benzene rings is 2. The molecule has 0 atom stereocenters. The van der Waals surface area contributed by atoms with E-state index in [9.17, 15) is 13.2 Å². The van der Waals surface area contributed by atoms with E-state index in [0.717, 1.165) is 5.56 Å². The van der Waals surface area contributed by atoms with Crippen LogP contribution >= 0.6 is 0 Å². The van der Waals surface area contributed by atoms with Crippen molar-refractivity contribution in [2.45, 2.75) is 32.6 Å². The molecule has 0 aliphatic rings. The molecule has 0 saturated carbocycles. The van der Waals surface area contributed by atoms with Crippen LogP contribution in [0, 0.1) is 20.8 Å². The smallest absolute Gasteiger partial charge is 0.270 e. The minimum atomic E-state index is -3.91. The second kappa shape index (κ2) is 6.70. The van der Waals surface area contributed by atoms with Crippen molar-refractivity contribution in [2.24, 2.45) is 0 Å². The Labute approximate surface area is 169 Å². The van der Waals surface area contributed by atoms with Gasteiger partial charge in [0.25, 0.3) is 10.0 Å². The average molecular weight is 407 g/mol. The Morgan fingerprint density at radius 2 is 1.66 bits per heavy atom. The van der Waals surface area contributed by atoms with Crippen LogP contribution in [-0.4, -0.2) is 28.1 Å². The number of fused-ring (bicyclic) bond motifs is 1. The fourth-order valence-electron chi connectivity index (χ4n) is 3.72. The highest BCUT2D eigenvalue weighted by Crippen LogP contribution is 2.33. The standard InChI is InChI=1S/C22H21N3O3S/c1-13-9-11-17(12-10-13)29(27,28)25-19-8-6-5-7-18(19)24-22(25)21-14(2)20(16(4)26)15(3)23-21/h5-12,23H,1-4H3. The molecule has 2 aromatic heterocycles. The maximum atomic E-state index is 13.6. The number of hydrogen-bond acceptors (Lipinski definition) is 4. The number of Topliss-reactive ketones (excluding diaryl/α,β-unsaturated/α-hetero) is 1. The zero-order valence-corrected chi connectivity index (χ0v) is 17.5. The second-order valence-corrected chi connectivity index (χ2v) is 8.97. The molecule has 1 N–H and O–H groups in total. The third kappa shape index (κ3) is 2.98. The molecule has 0 aliphatic carbocycles. The zero-order chi connectivity index (χ0) is 20.9. The number of carbonyl (C=O) groups excluding carboxylic acids is 1. The first kappa shape index (κ1) is 19.1. The topological polar surface area (TPSA) is 84.8 Å². The van der Waals surface area contributed by atoms with Crippen LogP contribution in [0.4, 0.5) is 0 Å². The molecule has 2 aromatic carbocycles. The van der Waals surface area contributed by atoms with Gasteiger partial charge in [0.1, 0.15) is 0 Å². The van der Waals surface area contributed by atoms with E-state index in [1.54, 1.807) is 56.3 Å². The van der Waals surface area contributed by atoms with Gasteiger partial charge in [-0.05, 0) is 57.5 Å². The minimum absolute atomic E-state index is 0.0773. The van der Waals surface area contributed by atoms with E-state index >= 15 is 0 Å². The highest BCUT2D eigenvalue weighted by atomic mass is 32.2. The first-order chi connectivity index (χ1) is 13.7. The number of ketones is 1. The molecule has 2 heterocycles. The highest BCUT2D eigenvalue weighted by Gasteiger charge is 2.28. The van der Waals surface area contributed by atoms with E-state index in [1.165, 1.54) is 10.9 Å². The van der Waals surface area contributed by atoms with Crippen LogP contribution in [0.3, 0.4) is 0 Å². The summed E-state index contributed by atoms with van der Waals surface area (Å²) in [6.45, 7) is 7.01. The molecule has 0 bridgehead atoms. The van der Waals surface area contributed by atoms with Gasteiger partial charge in [-0.25, -0.2) is 17.4 Å². The van der Waals surface area contributed by atoms with Gasteiger partial charge in [-0.2, -0.15) is 0 Å². The van der Waals surface area contributed by atoms with Gasteiger partial charge < -0.3 is 4.98 Å². The lowest BCUT2D eigenvalue weighted by Crippen LogP contribution is -2.14. The molecule has 7 heteroatoms. The molecule has 4 aromatic rings. The van der Waals surface area contributed by atoms with Gasteiger partial charge in [0, 0.05) is 11.3 Å². The summed E-state index contributed by atoms with van der Waals surface area (Å²) in [4.78, 5) is 20.0. The van der Waals surface area contributed by atoms with Crippen molar-refractivity contribution in [1.82, 2.24) is 13.9 Å². The lowest BCUT2D eigenvalue weighted by atomic mass is 10.1. The molecule has 0 aliphatic heterocycles. The summed E-state index contributed by atoms with van der Waals surface area (Å²) in [5.74, 6) is 0.187. The number of imidazole rings is 1. The Balaban J connectivity index is 2.07. The van der Waals surface area contributed by atoms with Crippen LogP contribution in [0.15, 0.2) is 53.4 Å². The second-order valence-electron chi connectivity index (χ2n) is 7.19. The number of H-pyrrole nitrogens is 1. The van der Waals surface area contributed by atoms with Gasteiger partial charge >= 0.3 is 0 Å². The van der Waals surface area contributed by atoms with Gasteiger partial charge in [-0.1, -0.05) is 29.8 Å². The lowest BCUT2D eigenvalue weighted by molar-refractivity contribution is 0.101. The van der Waals surface area contributed by atoms with Gasteiger partial charge in [0.15, 0.2) is 11.6 Å². The molecule has 0 saturated heterocycles. The first-order valence-electron chi connectivity index (χ1n) is 9.22. The summed E-state index contributed by atoms with van der Waals surface area (Å²) >= 11 is 0. The lowest BCUT2D eigenvalue weighted by Gasteiger charge is -2.11. The normalized spacial score (nSPS) is 11.9. The molecular weight excluding hydrogens is 386 g/mol. The van der Waals surface area contributed by atoms with E-state index in [-0.39, 0.29) is 16.5 Å². The van der Waals surface area contributed by atoms with Crippen LogP contribution in [-0.2, 0) is 10.0 Å². The number of hydrogen-bond donors (Lipinski definition) is 1. The average Bonchev–Trinajstić information content (AvgIpc) is 3.19. The van der Waals surface area contributed by atoms with Crippen molar-refractivity contribution in [3.05, 3.63) is 70.9 Å². The molecule has 4 rings (SSSR count). The summed E-state index contributed by atoms with van der Waals surface area (Å²) in [7, 11) is -3.91. The van der Waals surface area contributed by atoms with E-state index in [4.69, 9.17) is 0 Å². The molecule has 0 fully saturated rings. The van der Waals surface area contributed by atoms with Crippen molar-refractivity contribution in [1.29, 1.82) is 0 Å². The van der Waals surface area contributed by atoms with Crippen LogP contribution in [0.25, 0.3) is 22.6 Å². The van der Waals surface area contributed by atoms with E-state index < -0.39 is 10.0 Å². The number of aromatic nitrogens is 3. The summed E-state index contributed by atoms with van der Waals surface area (Å²) in [6.07, 6.45) is 0. The predicted molar refractivity (Wildman–Crippen MR) is 113 cm³/mol. The molecule has 0 amide bonds. The van der Waals surface area contributed by atoms with Crippen molar-refractivity contribution in [3.63, 3.8) is 0 Å². The maximum absolute atomic E-state index is 13.6. The van der Waals surface area contributed by atoms with Crippen LogP contribution in [0.2, 0.25) is 0 Å². The summed E-state index contributed by atoms with van der Waals surface area (Å²) in [5.41, 5.74) is 4.49. The molecular formula is C22H21N3O3S. The number of aromatic amines is 1.